The van der Waals surface area contributed by atoms with Gasteiger partial charge in [-0.25, -0.2) is 9.78 Å². The zero-order valence-electron chi connectivity index (χ0n) is 14.3. The zero-order valence-corrected chi connectivity index (χ0v) is 14.3. The van der Waals surface area contributed by atoms with Crippen LogP contribution >= 0.6 is 0 Å². The van der Waals surface area contributed by atoms with Crippen molar-refractivity contribution in [1.82, 2.24) is 39.8 Å². The number of aryl methyl sites for hydroxylation is 1. The van der Waals surface area contributed by atoms with E-state index in [0.717, 1.165) is 18.7 Å². The molecule has 3 amide bonds. The monoisotopic (exact) mass is 365 g/mol. The van der Waals surface area contributed by atoms with E-state index < -0.39 is 11.9 Å². The van der Waals surface area contributed by atoms with Crippen LogP contribution in [0.25, 0.3) is 17.7 Å². The summed E-state index contributed by atoms with van der Waals surface area (Å²) in [4.78, 5) is 36.6. The minimum absolute atomic E-state index is 0.144. The van der Waals surface area contributed by atoms with E-state index in [9.17, 15) is 9.59 Å². The van der Waals surface area contributed by atoms with E-state index in [2.05, 4.69) is 36.0 Å². The van der Waals surface area contributed by atoms with Crippen LogP contribution in [0.1, 0.15) is 24.2 Å². The fraction of sp³-hybridized carbons (Fsp3) is 0.250. The SMILES string of the molecule is Cc1nccn1-c1nc(NC2CC2)n2ncc(/C=C3\NC(=O)NC3=O)c2n1. The molecule has 2 aliphatic rings. The summed E-state index contributed by atoms with van der Waals surface area (Å²) in [6, 6.07) is -0.186. The molecule has 1 saturated carbocycles. The van der Waals surface area contributed by atoms with E-state index in [1.165, 1.54) is 0 Å². The maximum atomic E-state index is 11.8. The lowest BCUT2D eigenvalue weighted by Gasteiger charge is -2.10. The van der Waals surface area contributed by atoms with Crippen molar-refractivity contribution in [2.75, 3.05) is 5.32 Å². The Morgan fingerprint density at radius 2 is 2.11 bits per heavy atom. The fourth-order valence-electron chi connectivity index (χ4n) is 2.82. The van der Waals surface area contributed by atoms with Gasteiger partial charge < -0.3 is 10.6 Å². The maximum absolute atomic E-state index is 11.8. The number of amides is 3. The highest BCUT2D eigenvalue weighted by atomic mass is 16.2. The zero-order chi connectivity index (χ0) is 18.5. The number of imidazole rings is 1. The summed E-state index contributed by atoms with van der Waals surface area (Å²) in [6.07, 6.45) is 8.73. The molecule has 0 unspecified atom stereocenters. The third-order valence-electron chi connectivity index (χ3n) is 4.36. The molecule has 0 spiro atoms. The highest BCUT2D eigenvalue weighted by Gasteiger charge is 2.26. The summed E-state index contributed by atoms with van der Waals surface area (Å²) in [7, 11) is 0. The highest BCUT2D eigenvalue weighted by molar-refractivity contribution is 6.14. The third kappa shape index (κ3) is 2.69. The average molecular weight is 365 g/mol. The van der Waals surface area contributed by atoms with Gasteiger partial charge in [-0.2, -0.15) is 19.6 Å². The minimum Gasteiger partial charge on any atom is -0.351 e. The summed E-state index contributed by atoms with van der Waals surface area (Å²) in [5.74, 6) is 1.27. The Kier molecular flexibility index (Phi) is 3.23. The fourth-order valence-corrected chi connectivity index (χ4v) is 2.82. The van der Waals surface area contributed by atoms with Crippen LogP contribution in [0.3, 0.4) is 0 Å². The van der Waals surface area contributed by atoms with Crippen LogP contribution < -0.4 is 16.0 Å². The van der Waals surface area contributed by atoms with E-state index in [1.54, 1.807) is 33.7 Å². The summed E-state index contributed by atoms with van der Waals surface area (Å²) in [5, 5.41) is 12.3. The Bertz CT molecular complexity index is 1120. The molecule has 4 heterocycles. The van der Waals surface area contributed by atoms with Crippen LogP contribution in [0.2, 0.25) is 0 Å². The molecular formula is C16H15N9O2. The number of urea groups is 1. The lowest BCUT2D eigenvalue weighted by Crippen LogP contribution is -2.22. The van der Waals surface area contributed by atoms with Crippen LogP contribution in [0.4, 0.5) is 10.7 Å². The maximum Gasteiger partial charge on any atom is 0.326 e. The minimum atomic E-state index is -0.553. The number of hydrogen-bond acceptors (Lipinski definition) is 7. The Labute approximate surface area is 152 Å². The van der Waals surface area contributed by atoms with E-state index in [-0.39, 0.29) is 5.70 Å². The average Bonchev–Trinajstić information content (AvgIpc) is 3.04. The standard InChI is InChI=1S/C16H15N9O2/c1-8-17-4-5-24(8)14-21-12-9(6-11-13(26)22-16(27)20-11)7-18-25(12)15(23-14)19-10-2-3-10/h4-7,10H,2-3H2,1H3,(H,19,21,23)(H2,20,22,26,27)/b11-6-. The quantitative estimate of drug-likeness (QED) is 0.450. The van der Waals surface area contributed by atoms with E-state index in [0.29, 0.717) is 29.1 Å². The first-order valence-electron chi connectivity index (χ1n) is 8.45. The van der Waals surface area contributed by atoms with Gasteiger partial charge in [0.2, 0.25) is 11.9 Å². The van der Waals surface area contributed by atoms with Crippen molar-refractivity contribution < 1.29 is 9.59 Å². The van der Waals surface area contributed by atoms with Gasteiger partial charge in [0, 0.05) is 24.0 Å². The second-order valence-electron chi connectivity index (χ2n) is 6.41. The summed E-state index contributed by atoms with van der Waals surface area (Å²) < 4.78 is 3.36. The van der Waals surface area contributed by atoms with Crippen molar-refractivity contribution in [1.29, 1.82) is 0 Å². The first-order chi connectivity index (χ1) is 13.1. The third-order valence-corrected chi connectivity index (χ3v) is 4.36. The molecule has 11 heteroatoms. The van der Waals surface area contributed by atoms with Gasteiger partial charge in [0.1, 0.15) is 11.5 Å². The van der Waals surface area contributed by atoms with Gasteiger partial charge in [0.05, 0.1) is 6.20 Å². The smallest absolute Gasteiger partial charge is 0.326 e. The predicted molar refractivity (Wildman–Crippen MR) is 93.9 cm³/mol. The highest BCUT2D eigenvalue weighted by Crippen LogP contribution is 2.25. The number of carbonyl (C=O) groups excluding carboxylic acids is 2. The van der Waals surface area contributed by atoms with Crippen molar-refractivity contribution >= 4 is 29.6 Å². The predicted octanol–water partition coefficient (Wildman–Crippen LogP) is 0.373. The molecular weight excluding hydrogens is 350 g/mol. The van der Waals surface area contributed by atoms with Crippen molar-refractivity contribution in [2.24, 2.45) is 0 Å². The van der Waals surface area contributed by atoms with Gasteiger partial charge in [0.25, 0.3) is 5.91 Å². The van der Waals surface area contributed by atoms with Gasteiger partial charge in [-0.15, -0.1) is 0 Å². The lowest BCUT2D eigenvalue weighted by molar-refractivity contribution is -0.115. The van der Waals surface area contributed by atoms with E-state index >= 15 is 0 Å². The molecule has 136 valence electrons. The molecule has 3 N–H and O–H groups in total. The van der Waals surface area contributed by atoms with Crippen LogP contribution in [-0.2, 0) is 4.79 Å². The van der Waals surface area contributed by atoms with E-state index in [1.807, 2.05) is 6.92 Å². The molecule has 2 fully saturated rings. The largest absolute Gasteiger partial charge is 0.351 e. The molecule has 5 rings (SSSR count). The number of imide groups is 1. The summed E-state index contributed by atoms with van der Waals surface area (Å²) in [5.41, 5.74) is 1.24. The van der Waals surface area contributed by atoms with Crippen molar-refractivity contribution in [2.45, 2.75) is 25.8 Å². The second-order valence-corrected chi connectivity index (χ2v) is 6.41. The molecule has 3 aromatic heterocycles. The molecule has 1 saturated heterocycles. The van der Waals surface area contributed by atoms with Crippen molar-refractivity contribution in [3.05, 3.63) is 35.7 Å². The molecule has 0 bridgehead atoms. The number of fused-ring (bicyclic) bond motifs is 1. The number of nitrogens with zero attached hydrogens (tertiary/aromatic N) is 6. The Morgan fingerprint density at radius 1 is 1.26 bits per heavy atom. The first-order valence-corrected chi connectivity index (χ1v) is 8.45. The van der Waals surface area contributed by atoms with Gasteiger partial charge >= 0.3 is 6.03 Å². The number of aromatic nitrogens is 6. The Morgan fingerprint density at radius 3 is 2.78 bits per heavy atom. The molecule has 0 atom stereocenters. The summed E-state index contributed by atoms with van der Waals surface area (Å²) in [6.45, 7) is 1.86. The molecule has 0 radical (unpaired) electrons. The molecule has 1 aliphatic carbocycles. The van der Waals surface area contributed by atoms with Gasteiger partial charge in [0.15, 0.2) is 5.65 Å². The lowest BCUT2D eigenvalue weighted by atomic mass is 10.2. The number of carbonyl (C=O) groups is 2. The molecule has 0 aromatic carbocycles. The summed E-state index contributed by atoms with van der Waals surface area (Å²) >= 11 is 0. The number of hydrogen-bond donors (Lipinski definition) is 3. The molecule has 11 nitrogen and oxygen atoms in total. The van der Waals surface area contributed by atoms with Crippen LogP contribution in [0, 0.1) is 6.92 Å². The normalized spacial score (nSPS) is 18.2. The number of rotatable bonds is 4. The molecule has 3 aromatic rings. The number of nitrogens with one attached hydrogen (secondary N) is 3. The molecule has 27 heavy (non-hydrogen) atoms. The molecule has 1 aliphatic heterocycles. The van der Waals surface area contributed by atoms with Crippen molar-refractivity contribution in [3.63, 3.8) is 0 Å². The topological polar surface area (TPSA) is 131 Å². The Hall–Kier alpha value is -3.76. The van der Waals surface area contributed by atoms with Gasteiger partial charge in [-0.05, 0) is 25.8 Å². The van der Waals surface area contributed by atoms with Crippen LogP contribution in [-0.4, -0.2) is 47.1 Å². The van der Waals surface area contributed by atoms with Crippen molar-refractivity contribution in [3.8, 4) is 5.95 Å². The number of anilines is 1. The van der Waals surface area contributed by atoms with Crippen LogP contribution in [0.5, 0.6) is 0 Å². The Balaban J connectivity index is 1.67. The van der Waals surface area contributed by atoms with Gasteiger partial charge in [-0.1, -0.05) is 0 Å². The first kappa shape index (κ1) is 15.5. The van der Waals surface area contributed by atoms with E-state index in [4.69, 9.17) is 0 Å². The second kappa shape index (κ2) is 5.62. The van der Waals surface area contributed by atoms with Crippen LogP contribution in [0.15, 0.2) is 24.3 Å². The van der Waals surface area contributed by atoms with Gasteiger partial charge in [-0.3, -0.25) is 14.7 Å².